The van der Waals surface area contributed by atoms with Gasteiger partial charge in [0.25, 0.3) is 0 Å². The zero-order valence-electron chi connectivity index (χ0n) is 12.4. The third-order valence-corrected chi connectivity index (χ3v) is 3.96. The summed E-state index contributed by atoms with van der Waals surface area (Å²) in [7, 11) is 0. The van der Waals surface area contributed by atoms with Gasteiger partial charge < -0.3 is 9.64 Å². The normalized spacial score (nSPS) is 21.6. The highest BCUT2D eigenvalue weighted by Crippen LogP contribution is 2.33. The summed E-state index contributed by atoms with van der Waals surface area (Å²) in [5.41, 5.74) is 1.92. The van der Waals surface area contributed by atoms with Crippen LogP contribution in [-0.4, -0.2) is 23.9 Å². The Morgan fingerprint density at radius 1 is 1.00 bits per heavy atom. The van der Waals surface area contributed by atoms with Crippen molar-refractivity contribution in [2.75, 3.05) is 13.1 Å². The molecule has 0 aromatic heterocycles. The lowest BCUT2D eigenvalue weighted by Crippen LogP contribution is -2.42. The Morgan fingerprint density at radius 2 is 1.55 bits per heavy atom. The number of hydrogen-bond donors (Lipinski definition) is 0. The number of rotatable bonds is 2. The molecule has 4 heteroatoms. The molecule has 2 aromatic rings. The van der Waals surface area contributed by atoms with Crippen LogP contribution in [0.15, 0.2) is 54.6 Å². The van der Waals surface area contributed by atoms with E-state index in [0.29, 0.717) is 13.1 Å². The predicted molar refractivity (Wildman–Crippen MR) is 81.7 cm³/mol. The first-order valence-electron chi connectivity index (χ1n) is 7.35. The van der Waals surface area contributed by atoms with Crippen LogP contribution in [-0.2, 0) is 9.53 Å². The zero-order valence-corrected chi connectivity index (χ0v) is 12.4. The first-order chi connectivity index (χ1) is 10.6. The SMILES string of the molecule is CC(=O)N1CC(c2ccccc2)OC(c2ccc(F)cc2)C1. The van der Waals surface area contributed by atoms with Crippen LogP contribution >= 0.6 is 0 Å². The summed E-state index contributed by atoms with van der Waals surface area (Å²) in [5.74, 6) is -0.251. The quantitative estimate of drug-likeness (QED) is 0.849. The Morgan fingerprint density at radius 3 is 2.09 bits per heavy atom. The third-order valence-electron chi connectivity index (χ3n) is 3.96. The number of hydrogen-bond acceptors (Lipinski definition) is 2. The van der Waals surface area contributed by atoms with Gasteiger partial charge in [0.2, 0.25) is 5.91 Å². The first kappa shape index (κ1) is 14.7. The zero-order chi connectivity index (χ0) is 15.5. The van der Waals surface area contributed by atoms with Crippen molar-refractivity contribution in [3.8, 4) is 0 Å². The molecule has 2 aromatic carbocycles. The highest BCUT2D eigenvalue weighted by Gasteiger charge is 2.30. The number of nitrogens with zero attached hydrogens (tertiary/aromatic N) is 1. The molecule has 1 aliphatic rings. The van der Waals surface area contributed by atoms with Crippen LogP contribution in [0.25, 0.3) is 0 Å². The summed E-state index contributed by atoms with van der Waals surface area (Å²) < 4.78 is 19.3. The molecule has 2 atom stereocenters. The van der Waals surface area contributed by atoms with Gasteiger partial charge in [-0.05, 0) is 23.3 Å². The molecule has 1 aliphatic heterocycles. The lowest BCUT2D eigenvalue weighted by Gasteiger charge is -2.38. The van der Waals surface area contributed by atoms with Gasteiger partial charge in [0.05, 0.1) is 13.1 Å². The van der Waals surface area contributed by atoms with Gasteiger partial charge in [-0.3, -0.25) is 4.79 Å². The van der Waals surface area contributed by atoms with Gasteiger partial charge in [0, 0.05) is 6.92 Å². The molecule has 0 N–H and O–H groups in total. The van der Waals surface area contributed by atoms with Gasteiger partial charge in [-0.1, -0.05) is 42.5 Å². The lowest BCUT2D eigenvalue weighted by molar-refractivity contribution is -0.144. The van der Waals surface area contributed by atoms with Crippen molar-refractivity contribution >= 4 is 5.91 Å². The summed E-state index contributed by atoms with van der Waals surface area (Å²) in [4.78, 5) is 13.6. The molecule has 1 heterocycles. The second kappa shape index (κ2) is 6.28. The minimum atomic E-state index is -0.275. The van der Waals surface area contributed by atoms with E-state index in [2.05, 4.69) is 0 Å². The molecular formula is C18H18FNO2. The number of benzene rings is 2. The van der Waals surface area contributed by atoms with E-state index in [-0.39, 0.29) is 23.9 Å². The Hall–Kier alpha value is -2.20. The van der Waals surface area contributed by atoms with Crippen molar-refractivity contribution in [3.05, 3.63) is 71.5 Å². The van der Waals surface area contributed by atoms with E-state index in [1.165, 1.54) is 12.1 Å². The highest BCUT2D eigenvalue weighted by atomic mass is 19.1. The number of amides is 1. The number of halogens is 1. The molecule has 0 aliphatic carbocycles. The monoisotopic (exact) mass is 299 g/mol. The van der Waals surface area contributed by atoms with Crippen LogP contribution in [0, 0.1) is 5.82 Å². The van der Waals surface area contributed by atoms with Crippen LogP contribution in [0.4, 0.5) is 4.39 Å². The fourth-order valence-corrected chi connectivity index (χ4v) is 2.73. The first-order valence-corrected chi connectivity index (χ1v) is 7.35. The standard InChI is InChI=1S/C18H18FNO2/c1-13(21)20-11-17(14-5-3-2-4-6-14)22-18(12-20)15-7-9-16(19)10-8-15/h2-10,17-18H,11-12H2,1H3. The molecule has 1 saturated heterocycles. The number of morpholine rings is 1. The Balaban J connectivity index is 1.87. The van der Waals surface area contributed by atoms with Crippen LogP contribution < -0.4 is 0 Å². The van der Waals surface area contributed by atoms with Gasteiger partial charge in [-0.25, -0.2) is 4.39 Å². The minimum Gasteiger partial charge on any atom is -0.362 e. The summed E-state index contributed by atoms with van der Waals surface area (Å²) >= 11 is 0. The minimum absolute atomic E-state index is 0.0244. The van der Waals surface area contributed by atoms with Crippen molar-refractivity contribution in [2.24, 2.45) is 0 Å². The highest BCUT2D eigenvalue weighted by molar-refractivity contribution is 5.73. The summed E-state index contributed by atoms with van der Waals surface area (Å²) in [6, 6.07) is 16.1. The summed E-state index contributed by atoms with van der Waals surface area (Å²) in [6.45, 7) is 2.59. The van der Waals surface area contributed by atoms with Crippen molar-refractivity contribution < 1.29 is 13.9 Å². The molecule has 3 nitrogen and oxygen atoms in total. The number of ether oxygens (including phenoxy) is 1. The summed E-state index contributed by atoms with van der Waals surface area (Å²) in [5, 5.41) is 0. The maximum atomic E-state index is 13.1. The molecule has 0 radical (unpaired) electrons. The van der Waals surface area contributed by atoms with E-state index in [1.54, 1.807) is 24.0 Å². The van der Waals surface area contributed by atoms with Crippen molar-refractivity contribution in [3.63, 3.8) is 0 Å². The predicted octanol–water partition coefficient (Wildman–Crippen LogP) is 3.49. The smallest absolute Gasteiger partial charge is 0.219 e. The van der Waals surface area contributed by atoms with Gasteiger partial charge in [-0.2, -0.15) is 0 Å². The second-order valence-electron chi connectivity index (χ2n) is 5.50. The fourth-order valence-electron chi connectivity index (χ4n) is 2.73. The average molecular weight is 299 g/mol. The molecule has 1 amide bonds. The summed E-state index contributed by atoms with van der Waals surface area (Å²) in [6.07, 6.45) is -0.419. The van der Waals surface area contributed by atoms with Crippen molar-refractivity contribution in [2.45, 2.75) is 19.1 Å². The third kappa shape index (κ3) is 3.17. The van der Waals surface area contributed by atoms with E-state index in [4.69, 9.17) is 4.74 Å². The van der Waals surface area contributed by atoms with E-state index in [9.17, 15) is 9.18 Å². The van der Waals surface area contributed by atoms with E-state index < -0.39 is 0 Å². The molecule has 0 spiro atoms. The molecule has 0 saturated carbocycles. The second-order valence-corrected chi connectivity index (χ2v) is 5.50. The Bertz CT molecular complexity index is 642. The fraction of sp³-hybridized carbons (Fsp3) is 0.278. The van der Waals surface area contributed by atoms with Gasteiger partial charge in [0.15, 0.2) is 0 Å². The Labute approximate surface area is 129 Å². The largest absolute Gasteiger partial charge is 0.362 e. The lowest BCUT2D eigenvalue weighted by atomic mass is 10.0. The van der Waals surface area contributed by atoms with Crippen LogP contribution in [0.2, 0.25) is 0 Å². The van der Waals surface area contributed by atoms with Gasteiger partial charge >= 0.3 is 0 Å². The molecular weight excluding hydrogens is 281 g/mol. The maximum Gasteiger partial charge on any atom is 0.219 e. The van der Waals surface area contributed by atoms with E-state index in [1.807, 2.05) is 30.3 Å². The van der Waals surface area contributed by atoms with Crippen LogP contribution in [0.5, 0.6) is 0 Å². The molecule has 0 bridgehead atoms. The maximum absolute atomic E-state index is 13.1. The van der Waals surface area contributed by atoms with Crippen molar-refractivity contribution in [1.82, 2.24) is 4.90 Å². The molecule has 1 fully saturated rings. The van der Waals surface area contributed by atoms with Crippen LogP contribution in [0.3, 0.4) is 0 Å². The van der Waals surface area contributed by atoms with Crippen LogP contribution in [0.1, 0.15) is 30.3 Å². The van der Waals surface area contributed by atoms with Gasteiger partial charge in [-0.15, -0.1) is 0 Å². The molecule has 114 valence electrons. The number of carbonyl (C=O) groups is 1. The van der Waals surface area contributed by atoms with Gasteiger partial charge in [0.1, 0.15) is 18.0 Å². The van der Waals surface area contributed by atoms with E-state index >= 15 is 0 Å². The molecule has 2 unspecified atom stereocenters. The molecule has 3 rings (SSSR count). The van der Waals surface area contributed by atoms with Crippen molar-refractivity contribution in [1.29, 1.82) is 0 Å². The Kier molecular flexibility index (Phi) is 4.20. The average Bonchev–Trinajstić information content (AvgIpc) is 2.56. The van der Waals surface area contributed by atoms with E-state index in [0.717, 1.165) is 11.1 Å². The number of carbonyl (C=O) groups excluding carboxylic acids is 1. The molecule has 22 heavy (non-hydrogen) atoms. The topological polar surface area (TPSA) is 29.5 Å².